The van der Waals surface area contributed by atoms with Crippen molar-refractivity contribution in [1.82, 2.24) is 10.2 Å². The quantitative estimate of drug-likeness (QED) is 0.693. The van der Waals surface area contributed by atoms with E-state index in [1.54, 1.807) is 19.1 Å². The highest BCUT2D eigenvalue weighted by Crippen LogP contribution is 2.34. The number of imide groups is 1. The lowest BCUT2D eigenvalue weighted by Crippen LogP contribution is -2.42. The van der Waals surface area contributed by atoms with Gasteiger partial charge in [0.1, 0.15) is 12.1 Å². The SMILES string of the molecule is Cc1ccccc1C1(C)NC(=O)N(CC(=O)Nc2c(Cl)cc(Cl)cc2Cl)C1=O. The molecule has 2 aromatic rings. The van der Waals surface area contributed by atoms with Gasteiger partial charge in [-0.15, -0.1) is 0 Å². The molecule has 146 valence electrons. The van der Waals surface area contributed by atoms with E-state index in [0.29, 0.717) is 10.6 Å². The monoisotopic (exact) mass is 439 g/mol. The Hall–Kier alpha value is -2.28. The molecule has 0 aliphatic carbocycles. The number of nitrogens with zero attached hydrogens (tertiary/aromatic N) is 1. The number of benzene rings is 2. The summed E-state index contributed by atoms with van der Waals surface area (Å²) in [4.78, 5) is 38.6. The highest BCUT2D eigenvalue weighted by atomic mass is 35.5. The average Bonchev–Trinajstić information content (AvgIpc) is 2.82. The Balaban J connectivity index is 1.80. The highest BCUT2D eigenvalue weighted by molar-refractivity contribution is 6.42. The zero-order chi connectivity index (χ0) is 20.6. The van der Waals surface area contributed by atoms with Crippen molar-refractivity contribution < 1.29 is 14.4 Å². The van der Waals surface area contributed by atoms with Gasteiger partial charge in [-0.25, -0.2) is 4.79 Å². The normalized spacial score (nSPS) is 19.0. The van der Waals surface area contributed by atoms with Gasteiger partial charge in [-0.3, -0.25) is 14.5 Å². The van der Waals surface area contributed by atoms with Gasteiger partial charge in [0.05, 0.1) is 15.7 Å². The Morgan fingerprint density at radius 2 is 1.75 bits per heavy atom. The molecule has 1 unspecified atom stereocenters. The van der Waals surface area contributed by atoms with E-state index in [4.69, 9.17) is 34.8 Å². The lowest BCUT2D eigenvalue weighted by atomic mass is 9.88. The molecule has 1 saturated heterocycles. The first-order valence-corrected chi connectivity index (χ1v) is 9.41. The molecule has 2 aromatic carbocycles. The van der Waals surface area contributed by atoms with Crippen LogP contribution in [0.2, 0.25) is 15.1 Å². The number of nitrogens with one attached hydrogen (secondary N) is 2. The van der Waals surface area contributed by atoms with Crippen LogP contribution >= 0.6 is 34.8 Å². The first-order valence-electron chi connectivity index (χ1n) is 8.28. The number of urea groups is 1. The lowest BCUT2D eigenvalue weighted by molar-refractivity contribution is -0.133. The van der Waals surface area contributed by atoms with Gasteiger partial charge in [0.15, 0.2) is 0 Å². The Morgan fingerprint density at radius 3 is 2.36 bits per heavy atom. The topological polar surface area (TPSA) is 78.5 Å². The van der Waals surface area contributed by atoms with E-state index in [9.17, 15) is 14.4 Å². The largest absolute Gasteiger partial charge is 0.325 e. The summed E-state index contributed by atoms with van der Waals surface area (Å²) in [5, 5.41) is 5.80. The van der Waals surface area contributed by atoms with Crippen molar-refractivity contribution in [3.63, 3.8) is 0 Å². The lowest BCUT2D eigenvalue weighted by Gasteiger charge is -2.24. The summed E-state index contributed by atoms with van der Waals surface area (Å²) in [5.74, 6) is -1.14. The number of halogens is 3. The third-order valence-electron chi connectivity index (χ3n) is 4.53. The minimum absolute atomic E-state index is 0.146. The smallest absolute Gasteiger partial charge is 0.322 e. The molecule has 1 aliphatic heterocycles. The van der Waals surface area contributed by atoms with E-state index in [0.717, 1.165) is 10.5 Å². The summed E-state index contributed by atoms with van der Waals surface area (Å²) in [6.45, 7) is 2.97. The van der Waals surface area contributed by atoms with Gasteiger partial charge in [0, 0.05) is 5.02 Å². The standard InChI is InChI=1S/C19H16Cl3N3O3/c1-10-5-3-4-6-12(10)19(2)17(27)25(18(28)24-19)9-15(26)23-16-13(21)7-11(20)8-14(16)22/h3-8H,9H2,1-2H3,(H,23,26)(H,24,28). The molecule has 1 heterocycles. The summed E-state index contributed by atoms with van der Waals surface area (Å²) in [5.41, 5.74) is 0.425. The first kappa shape index (κ1) is 20.5. The molecule has 1 atom stereocenters. The number of carbonyl (C=O) groups excluding carboxylic acids is 3. The molecule has 0 aromatic heterocycles. The van der Waals surface area contributed by atoms with Crippen LogP contribution in [0, 0.1) is 6.92 Å². The number of anilines is 1. The second-order valence-electron chi connectivity index (χ2n) is 6.55. The molecule has 1 fully saturated rings. The summed E-state index contributed by atoms with van der Waals surface area (Å²) in [7, 11) is 0. The summed E-state index contributed by atoms with van der Waals surface area (Å²) < 4.78 is 0. The van der Waals surface area contributed by atoms with E-state index >= 15 is 0 Å². The maximum absolute atomic E-state index is 12.9. The molecule has 0 bridgehead atoms. The van der Waals surface area contributed by atoms with E-state index in [1.165, 1.54) is 12.1 Å². The fraction of sp³-hybridized carbons (Fsp3) is 0.211. The Labute approximate surface area is 176 Å². The molecule has 6 nitrogen and oxygen atoms in total. The molecule has 2 N–H and O–H groups in total. The molecule has 3 rings (SSSR count). The number of amides is 4. The van der Waals surface area contributed by atoms with Crippen LogP contribution < -0.4 is 10.6 Å². The maximum atomic E-state index is 12.9. The van der Waals surface area contributed by atoms with Crippen LogP contribution in [0.15, 0.2) is 36.4 Å². The van der Waals surface area contributed by atoms with Gasteiger partial charge in [-0.1, -0.05) is 59.1 Å². The van der Waals surface area contributed by atoms with Crippen LogP contribution in [0.25, 0.3) is 0 Å². The van der Waals surface area contributed by atoms with Crippen LogP contribution in [0.4, 0.5) is 10.5 Å². The molecular formula is C19H16Cl3N3O3. The molecule has 28 heavy (non-hydrogen) atoms. The Bertz CT molecular complexity index is 972. The van der Waals surface area contributed by atoms with Gasteiger partial charge >= 0.3 is 6.03 Å². The van der Waals surface area contributed by atoms with Crippen LogP contribution in [0.3, 0.4) is 0 Å². The van der Waals surface area contributed by atoms with Crippen LogP contribution in [-0.2, 0) is 15.1 Å². The van der Waals surface area contributed by atoms with Gasteiger partial charge in [0.25, 0.3) is 5.91 Å². The van der Waals surface area contributed by atoms with Crippen molar-refractivity contribution in [3.8, 4) is 0 Å². The number of rotatable bonds is 4. The fourth-order valence-corrected chi connectivity index (χ4v) is 4.05. The molecule has 0 spiro atoms. The van der Waals surface area contributed by atoms with Crippen LogP contribution in [-0.4, -0.2) is 29.3 Å². The average molecular weight is 441 g/mol. The van der Waals surface area contributed by atoms with Crippen LogP contribution in [0.5, 0.6) is 0 Å². The second kappa shape index (κ2) is 7.62. The van der Waals surface area contributed by atoms with Crippen molar-refractivity contribution in [1.29, 1.82) is 0 Å². The van der Waals surface area contributed by atoms with Crippen molar-refractivity contribution in [3.05, 3.63) is 62.6 Å². The highest BCUT2D eigenvalue weighted by Gasteiger charge is 2.50. The molecule has 1 aliphatic rings. The number of hydrogen-bond donors (Lipinski definition) is 2. The van der Waals surface area contributed by atoms with Crippen molar-refractivity contribution >= 4 is 58.3 Å². The van der Waals surface area contributed by atoms with E-state index in [1.807, 2.05) is 19.1 Å². The van der Waals surface area contributed by atoms with Gasteiger partial charge in [-0.2, -0.15) is 0 Å². The van der Waals surface area contributed by atoms with E-state index in [-0.39, 0.29) is 15.7 Å². The Kier molecular flexibility index (Phi) is 5.57. The number of aryl methyl sites for hydroxylation is 1. The Morgan fingerprint density at radius 1 is 1.14 bits per heavy atom. The third-order valence-corrected chi connectivity index (χ3v) is 5.35. The van der Waals surface area contributed by atoms with Crippen LogP contribution in [0.1, 0.15) is 18.1 Å². The third kappa shape index (κ3) is 3.68. The molecular weight excluding hydrogens is 425 g/mol. The van der Waals surface area contributed by atoms with Crippen molar-refractivity contribution in [2.45, 2.75) is 19.4 Å². The zero-order valence-corrected chi connectivity index (χ0v) is 17.2. The van der Waals surface area contributed by atoms with Crippen molar-refractivity contribution in [2.24, 2.45) is 0 Å². The van der Waals surface area contributed by atoms with E-state index < -0.39 is 29.9 Å². The predicted molar refractivity (Wildman–Crippen MR) is 109 cm³/mol. The van der Waals surface area contributed by atoms with Gasteiger partial charge in [-0.05, 0) is 37.1 Å². The minimum Gasteiger partial charge on any atom is -0.322 e. The van der Waals surface area contributed by atoms with Crippen molar-refractivity contribution in [2.75, 3.05) is 11.9 Å². The summed E-state index contributed by atoms with van der Waals surface area (Å²) in [6, 6.07) is 9.44. The number of carbonyl (C=O) groups is 3. The molecule has 4 amide bonds. The summed E-state index contributed by atoms with van der Waals surface area (Å²) >= 11 is 18.0. The van der Waals surface area contributed by atoms with E-state index in [2.05, 4.69) is 10.6 Å². The fourth-order valence-electron chi connectivity index (χ4n) is 3.14. The molecule has 0 saturated carbocycles. The number of hydrogen-bond acceptors (Lipinski definition) is 3. The minimum atomic E-state index is -1.25. The first-order chi connectivity index (χ1) is 13.1. The predicted octanol–water partition coefficient (Wildman–Crippen LogP) is 4.36. The molecule has 0 radical (unpaired) electrons. The second-order valence-corrected chi connectivity index (χ2v) is 7.80. The maximum Gasteiger partial charge on any atom is 0.325 e. The molecule has 9 heteroatoms. The van der Waals surface area contributed by atoms with Gasteiger partial charge in [0.2, 0.25) is 5.91 Å². The summed E-state index contributed by atoms with van der Waals surface area (Å²) in [6.07, 6.45) is 0. The zero-order valence-electron chi connectivity index (χ0n) is 15.0. The van der Waals surface area contributed by atoms with Gasteiger partial charge < -0.3 is 10.6 Å².